The summed E-state index contributed by atoms with van der Waals surface area (Å²) in [4.78, 5) is 14.8. The van der Waals surface area contributed by atoms with Gasteiger partial charge in [0, 0.05) is 19.8 Å². The van der Waals surface area contributed by atoms with Crippen LogP contribution in [-0.2, 0) is 7.05 Å². The molecule has 0 saturated carbocycles. The maximum absolute atomic E-state index is 12.9. The molecule has 1 fully saturated rings. The Labute approximate surface area is 147 Å². The molecule has 1 saturated heterocycles. The second kappa shape index (κ2) is 7.75. The van der Waals surface area contributed by atoms with Gasteiger partial charge in [-0.2, -0.15) is 5.10 Å². The van der Waals surface area contributed by atoms with E-state index in [1.54, 1.807) is 12.3 Å². The maximum atomic E-state index is 12.9. The number of carbonyl (C=O) groups excluding carboxylic acids is 1. The molecule has 0 bridgehead atoms. The fourth-order valence-electron chi connectivity index (χ4n) is 3.20. The van der Waals surface area contributed by atoms with Crippen LogP contribution in [0.4, 0.5) is 10.5 Å². The highest BCUT2D eigenvalue weighted by Gasteiger charge is 2.30. The van der Waals surface area contributed by atoms with Gasteiger partial charge in [0.05, 0.1) is 17.4 Å². The van der Waals surface area contributed by atoms with Crippen molar-refractivity contribution in [2.24, 2.45) is 7.05 Å². The zero-order valence-electron chi connectivity index (χ0n) is 14.3. The fraction of sp³-hybridized carbons (Fsp3) is 0.368. The fourth-order valence-corrected chi connectivity index (χ4v) is 3.20. The Morgan fingerprint density at radius 3 is 3.00 bits per heavy atom. The van der Waals surface area contributed by atoms with E-state index in [1.165, 1.54) is 0 Å². The number of amides is 2. The highest BCUT2D eigenvalue weighted by molar-refractivity contribution is 5.91. The second-order valence-electron chi connectivity index (χ2n) is 6.00. The molecule has 1 aliphatic heterocycles. The molecule has 3 rings (SSSR count). The third kappa shape index (κ3) is 3.77. The lowest BCUT2D eigenvalue weighted by Crippen LogP contribution is -2.41. The second-order valence-corrected chi connectivity index (χ2v) is 6.00. The molecule has 2 amide bonds. The number of benzene rings is 1. The van der Waals surface area contributed by atoms with E-state index in [0.29, 0.717) is 11.4 Å². The van der Waals surface area contributed by atoms with Gasteiger partial charge >= 0.3 is 6.03 Å². The number of aromatic nitrogens is 2. The quantitative estimate of drug-likeness (QED) is 0.871. The molecular weight excluding hydrogens is 316 g/mol. The summed E-state index contributed by atoms with van der Waals surface area (Å²) in [5.74, 6) is 3.01. The molecule has 1 aromatic heterocycles. The number of nitrogens with zero attached hydrogens (tertiary/aromatic N) is 3. The van der Waals surface area contributed by atoms with Gasteiger partial charge in [0.15, 0.2) is 0 Å². The molecule has 1 aromatic carbocycles. The lowest BCUT2D eigenvalue weighted by Gasteiger charge is -2.35. The number of likely N-dealkylation sites (tertiary alicyclic amines) is 1. The number of piperidine rings is 1. The van der Waals surface area contributed by atoms with Crippen LogP contribution < -0.4 is 10.1 Å². The summed E-state index contributed by atoms with van der Waals surface area (Å²) in [7, 11) is 1.91. The van der Waals surface area contributed by atoms with Crippen molar-refractivity contribution < 1.29 is 9.53 Å². The largest absolute Gasteiger partial charge is 0.479 e. The van der Waals surface area contributed by atoms with Crippen LogP contribution in [0, 0.1) is 12.3 Å². The number of carbonyl (C=O) groups is 1. The van der Waals surface area contributed by atoms with Crippen LogP contribution in [0.3, 0.4) is 0 Å². The number of hydrogen-bond acceptors (Lipinski definition) is 3. The lowest BCUT2D eigenvalue weighted by atomic mass is 9.99. The molecule has 0 radical (unpaired) electrons. The number of urea groups is 1. The predicted molar refractivity (Wildman–Crippen MR) is 96.3 cm³/mol. The summed E-state index contributed by atoms with van der Waals surface area (Å²) >= 11 is 0. The van der Waals surface area contributed by atoms with E-state index in [9.17, 15) is 4.79 Å². The summed E-state index contributed by atoms with van der Waals surface area (Å²) in [5, 5.41) is 7.20. The van der Waals surface area contributed by atoms with Crippen LogP contribution in [0.2, 0.25) is 0 Å². The van der Waals surface area contributed by atoms with Gasteiger partial charge in [0.25, 0.3) is 0 Å². The van der Waals surface area contributed by atoms with Gasteiger partial charge in [-0.15, -0.1) is 6.42 Å². The Hall–Kier alpha value is -2.94. The zero-order chi connectivity index (χ0) is 17.6. The van der Waals surface area contributed by atoms with Crippen LogP contribution in [0.5, 0.6) is 5.75 Å². The average Bonchev–Trinajstić information content (AvgIpc) is 3.07. The number of nitrogens with one attached hydrogen (secondary N) is 1. The third-order valence-electron chi connectivity index (χ3n) is 4.40. The van der Waals surface area contributed by atoms with Gasteiger partial charge < -0.3 is 15.0 Å². The van der Waals surface area contributed by atoms with E-state index < -0.39 is 0 Å². The minimum atomic E-state index is -0.136. The van der Waals surface area contributed by atoms with Gasteiger partial charge in [0.2, 0.25) is 0 Å². The van der Waals surface area contributed by atoms with Gasteiger partial charge in [-0.1, -0.05) is 18.1 Å². The molecule has 0 spiro atoms. The van der Waals surface area contributed by atoms with Crippen LogP contribution in [0.25, 0.3) is 0 Å². The predicted octanol–water partition coefficient (Wildman–Crippen LogP) is 3.19. The van der Waals surface area contributed by atoms with Crippen molar-refractivity contribution in [1.29, 1.82) is 0 Å². The first kappa shape index (κ1) is 16.9. The van der Waals surface area contributed by atoms with Crippen LogP contribution in [-0.4, -0.2) is 33.9 Å². The molecule has 25 heavy (non-hydrogen) atoms. The van der Waals surface area contributed by atoms with Gasteiger partial charge in [-0.3, -0.25) is 4.68 Å². The molecule has 6 nitrogen and oxygen atoms in total. The van der Waals surface area contributed by atoms with E-state index in [1.807, 2.05) is 40.9 Å². The van der Waals surface area contributed by atoms with Crippen molar-refractivity contribution in [3.63, 3.8) is 0 Å². The molecule has 2 heterocycles. The summed E-state index contributed by atoms with van der Waals surface area (Å²) in [5.41, 5.74) is 1.67. The number of aryl methyl sites for hydroxylation is 1. The average molecular weight is 338 g/mol. The normalized spacial score (nSPS) is 17.0. The Kier molecular flexibility index (Phi) is 5.24. The minimum absolute atomic E-state index is 0.0278. The standard InChI is InChI=1S/C19H22N4O2/c1-3-14-25-18-10-5-4-8-15(18)21-19(24)23-13-7-6-9-17(23)16-11-12-20-22(16)2/h1,4-5,8,10-12,17H,6-7,9,13-14H2,2H3,(H,21,24)/t17-/m1/s1. The van der Waals surface area contributed by atoms with E-state index in [4.69, 9.17) is 11.2 Å². The van der Waals surface area contributed by atoms with E-state index in [-0.39, 0.29) is 18.7 Å². The number of anilines is 1. The van der Waals surface area contributed by atoms with Crippen molar-refractivity contribution in [3.05, 3.63) is 42.2 Å². The summed E-state index contributed by atoms with van der Waals surface area (Å²) in [6.45, 7) is 0.878. The van der Waals surface area contributed by atoms with Crippen LogP contribution in [0.1, 0.15) is 31.0 Å². The summed E-state index contributed by atoms with van der Waals surface area (Å²) in [6, 6.07) is 9.17. The molecule has 1 N–H and O–H groups in total. The maximum Gasteiger partial charge on any atom is 0.322 e. The number of ether oxygens (including phenoxy) is 1. The van der Waals surface area contributed by atoms with Crippen molar-refractivity contribution in [3.8, 4) is 18.1 Å². The Morgan fingerprint density at radius 1 is 1.40 bits per heavy atom. The number of para-hydroxylation sites is 2. The van der Waals surface area contributed by atoms with E-state index in [0.717, 1.165) is 31.5 Å². The SMILES string of the molecule is C#CCOc1ccccc1NC(=O)N1CCCC[C@@H]1c1ccnn1C. The lowest BCUT2D eigenvalue weighted by molar-refractivity contribution is 0.159. The first-order chi connectivity index (χ1) is 12.2. The summed E-state index contributed by atoms with van der Waals surface area (Å²) < 4.78 is 7.34. The Balaban J connectivity index is 1.78. The van der Waals surface area contributed by atoms with Gasteiger partial charge in [-0.25, -0.2) is 4.79 Å². The topological polar surface area (TPSA) is 59.4 Å². The highest BCUT2D eigenvalue weighted by atomic mass is 16.5. The molecule has 2 aromatic rings. The molecule has 130 valence electrons. The molecule has 1 atom stereocenters. The monoisotopic (exact) mass is 338 g/mol. The number of rotatable bonds is 4. The Morgan fingerprint density at radius 2 is 2.24 bits per heavy atom. The highest BCUT2D eigenvalue weighted by Crippen LogP contribution is 2.32. The van der Waals surface area contributed by atoms with Crippen molar-refractivity contribution in [1.82, 2.24) is 14.7 Å². The molecule has 0 unspecified atom stereocenters. The first-order valence-electron chi connectivity index (χ1n) is 8.41. The van der Waals surface area contributed by atoms with Crippen molar-refractivity contribution in [2.75, 3.05) is 18.5 Å². The molecular formula is C19H22N4O2. The molecule has 6 heteroatoms. The number of terminal acetylenes is 1. The van der Waals surface area contributed by atoms with Crippen LogP contribution in [0.15, 0.2) is 36.5 Å². The molecule has 1 aliphatic rings. The summed E-state index contributed by atoms with van der Waals surface area (Å²) in [6.07, 6.45) is 10.0. The van der Waals surface area contributed by atoms with Gasteiger partial charge in [-0.05, 0) is 37.5 Å². The first-order valence-corrected chi connectivity index (χ1v) is 8.41. The van der Waals surface area contributed by atoms with Gasteiger partial charge in [0.1, 0.15) is 12.4 Å². The number of hydrogen-bond donors (Lipinski definition) is 1. The van der Waals surface area contributed by atoms with Crippen molar-refractivity contribution in [2.45, 2.75) is 25.3 Å². The van der Waals surface area contributed by atoms with E-state index in [2.05, 4.69) is 16.3 Å². The minimum Gasteiger partial charge on any atom is -0.479 e. The van der Waals surface area contributed by atoms with Crippen molar-refractivity contribution >= 4 is 11.7 Å². The van der Waals surface area contributed by atoms with E-state index >= 15 is 0 Å². The van der Waals surface area contributed by atoms with Crippen LogP contribution >= 0.6 is 0 Å². The smallest absolute Gasteiger partial charge is 0.322 e. The molecule has 0 aliphatic carbocycles. The third-order valence-corrected chi connectivity index (χ3v) is 4.40. The zero-order valence-corrected chi connectivity index (χ0v) is 14.3. The Bertz CT molecular complexity index is 778.